The molecule has 1 saturated carbocycles. The van der Waals surface area contributed by atoms with Crippen molar-refractivity contribution in [3.8, 4) is 0 Å². The minimum Gasteiger partial charge on any atom is -0.315 e. The standard InChI is InChI=1S/C11H20N2O2S/c14-11(10-4-2-1-3-5-10)13-16(15)8-6-12-7-9-16/h10,12H,1-9H2. The minimum absolute atomic E-state index is 0.0574. The van der Waals surface area contributed by atoms with E-state index >= 15 is 0 Å². The highest BCUT2D eigenvalue weighted by Crippen LogP contribution is 2.25. The lowest BCUT2D eigenvalue weighted by Crippen LogP contribution is -2.36. The molecule has 1 aliphatic carbocycles. The second-order valence-electron chi connectivity index (χ2n) is 4.70. The zero-order valence-electron chi connectivity index (χ0n) is 9.61. The van der Waals surface area contributed by atoms with Crippen molar-refractivity contribution in [3.63, 3.8) is 0 Å². The van der Waals surface area contributed by atoms with Crippen LogP contribution in [0.25, 0.3) is 0 Å². The first-order valence-corrected chi connectivity index (χ1v) is 8.02. The number of hydrogen-bond donors (Lipinski definition) is 1. The number of hydrogen-bond acceptors (Lipinski definition) is 3. The number of nitrogens with one attached hydrogen (secondary N) is 1. The summed E-state index contributed by atoms with van der Waals surface area (Å²) in [4.78, 5) is 11.9. The van der Waals surface area contributed by atoms with Crippen LogP contribution in [0, 0.1) is 5.92 Å². The van der Waals surface area contributed by atoms with Gasteiger partial charge in [0.1, 0.15) is 0 Å². The van der Waals surface area contributed by atoms with Crippen molar-refractivity contribution in [2.24, 2.45) is 10.3 Å². The Hall–Kier alpha value is -0.420. The summed E-state index contributed by atoms with van der Waals surface area (Å²) in [5.74, 6) is 1.03. The molecule has 1 aliphatic heterocycles. The Balaban J connectivity index is 2.03. The summed E-state index contributed by atoms with van der Waals surface area (Å²) in [5.41, 5.74) is 0. The Labute approximate surface area is 97.4 Å². The van der Waals surface area contributed by atoms with Crippen LogP contribution >= 0.6 is 0 Å². The first-order chi connectivity index (χ1) is 7.70. The van der Waals surface area contributed by atoms with Crippen LogP contribution in [0.3, 0.4) is 0 Å². The number of carbonyl (C=O) groups is 1. The number of rotatable bonds is 1. The van der Waals surface area contributed by atoms with Crippen LogP contribution < -0.4 is 5.32 Å². The van der Waals surface area contributed by atoms with Crippen molar-refractivity contribution in [3.05, 3.63) is 0 Å². The van der Waals surface area contributed by atoms with Crippen LogP contribution in [-0.2, 0) is 14.5 Å². The Morgan fingerprint density at radius 1 is 1.12 bits per heavy atom. The molecule has 1 N–H and O–H groups in total. The Bertz CT molecular complexity index is 354. The fraction of sp³-hybridized carbons (Fsp3) is 0.909. The average Bonchev–Trinajstić information content (AvgIpc) is 2.30. The molecular weight excluding hydrogens is 224 g/mol. The molecule has 0 radical (unpaired) electrons. The molecule has 0 atom stereocenters. The number of amides is 1. The predicted octanol–water partition coefficient (Wildman–Crippen LogP) is 1.16. The number of carbonyl (C=O) groups excluding carboxylic acids is 1. The molecule has 2 fully saturated rings. The average molecular weight is 244 g/mol. The molecule has 0 unspecified atom stereocenters. The topological polar surface area (TPSA) is 58.5 Å². The second kappa shape index (κ2) is 5.27. The molecule has 16 heavy (non-hydrogen) atoms. The molecule has 2 rings (SSSR count). The van der Waals surface area contributed by atoms with E-state index in [2.05, 4.69) is 9.68 Å². The van der Waals surface area contributed by atoms with Crippen LogP contribution in [0.2, 0.25) is 0 Å². The van der Waals surface area contributed by atoms with Crippen molar-refractivity contribution >= 4 is 15.6 Å². The molecule has 0 aromatic carbocycles. The van der Waals surface area contributed by atoms with Gasteiger partial charge in [-0.3, -0.25) is 4.79 Å². The van der Waals surface area contributed by atoms with Gasteiger partial charge in [-0.2, -0.15) is 4.36 Å². The maximum absolute atomic E-state index is 12.2. The van der Waals surface area contributed by atoms with Gasteiger partial charge >= 0.3 is 0 Å². The maximum atomic E-state index is 12.2. The van der Waals surface area contributed by atoms with Gasteiger partial charge in [0.25, 0.3) is 5.91 Å². The SMILES string of the molecule is O=C(N=S1(=O)CCNCC1)C1CCCCC1. The third kappa shape index (κ3) is 3.04. The fourth-order valence-electron chi connectivity index (χ4n) is 2.37. The molecule has 1 heterocycles. The molecule has 2 aliphatic rings. The number of nitrogens with zero attached hydrogens (tertiary/aromatic N) is 1. The quantitative estimate of drug-likeness (QED) is 0.753. The van der Waals surface area contributed by atoms with Gasteiger partial charge in [0.15, 0.2) is 0 Å². The lowest BCUT2D eigenvalue weighted by molar-refractivity contribution is -0.122. The van der Waals surface area contributed by atoms with Crippen LogP contribution in [-0.4, -0.2) is 34.7 Å². The summed E-state index contributed by atoms with van der Waals surface area (Å²) in [7, 11) is -2.23. The summed E-state index contributed by atoms with van der Waals surface area (Å²) < 4.78 is 16.3. The molecule has 0 aromatic heterocycles. The molecule has 0 spiro atoms. The van der Waals surface area contributed by atoms with Crippen LogP contribution in [0.4, 0.5) is 0 Å². The molecule has 4 nitrogen and oxygen atoms in total. The molecule has 0 bridgehead atoms. The van der Waals surface area contributed by atoms with Crippen LogP contribution in [0.5, 0.6) is 0 Å². The van der Waals surface area contributed by atoms with Crippen LogP contribution in [0.1, 0.15) is 32.1 Å². The zero-order chi connectivity index (χ0) is 11.4. The molecular formula is C11H20N2O2S. The monoisotopic (exact) mass is 244 g/mol. The summed E-state index contributed by atoms with van der Waals surface area (Å²) in [6.45, 7) is 1.44. The molecule has 5 heteroatoms. The lowest BCUT2D eigenvalue weighted by Gasteiger charge is -2.20. The van der Waals surface area contributed by atoms with Gasteiger partial charge in [0, 0.05) is 30.5 Å². The molecule has 0 aromatic rings. The van der Waals surface area contributed by atoms with E-state index in [1.54, 1.807) is 0 Å². The normalized spacial score (nSPS) is 26.2. The fourth-order valence-corrected chi connectivity index (χ4v) is 4.16. The summed E-state index contributed by atoms with van der Waals surface area (Å²) >= 11 is 0. The van der Waals surface area contributed by atoms with E-state index in [1.165, 1.54) is 6.42 Å². The van der Waals surface area contributed by atoms with E-state index in [0.29, 0.717) is 11.5 Å². The minimum atomic E-state index is -2.23. The third-order valence-electron chi connectivity index (χ3n) is 3.41. The Morgan fingerprint density at radius 2 is 1.75 bits per heavy atom. The van der Waals surface area contributed by atoms with Gasteiger partial charge in [-0.25, -0.2) is 4.21 Å². The van der Waals surface area contributed by atoms with E-state index < -0.39 is 9.73 Å². The van der Waals surface area contributed by atoms with Gasteiger partial charge in [0.2, 0.25) is 0 Å². The zero-order valence-corrected chi connectivity index (χ0v) is 10.4. The largest absolute Gasteiger partial charge is 0.315 e. The summed E-state index contributed by atoms with van der Waals surface area (Å²) in [6, 6.07) is 0. The van der Waals surface area contributed by atoms with E-state index in [-0.39, 0.29) is 11.8 Å². The van der Waals surface area contributed by atoms with Crippen molar-refractivity contribution in [2.45, 2.75) is 32.1 Å². The smallest absolute Gasteiger partial charge is 0.256 e. The van der Waals surface area contributed by atoms with Gasteiger partial charge in [-0.15, -0.1) is 0 Å². The maximum Gasteiger partial charge on any atom is 0.256 e. The van der Waals surface area contributed by atoms with E-state index in [4.69, 9.17) is 0 Å². The first kappa shape index (κ1) is 12.0. The van der Waals surface area contributed by atoms with Gasteiger partial charge < -0.3 is 5.32 Å². The van der Waals surface area contributed by atoms with E-state index in [1.807, 2.05) is 0 Å². The van der Waals surface area contributed by atoms with Gasteiger partial charge in [-0.1, -0.05) is 19.3 Å². The van der Waals surface area contributed by atoms with Crippen molar-refractivity contribution in [2.75, 3.05) is 24.6 Å². The lowest BCUT2D eigenvalue weighted by atomic mass is 9.89. The van der Waals surface area contributed by atoms with Gasteiger partial charge in [-0.05, 0) is 12.8 Å². The highest BCUT2D eigenvalue weighted by Gasteiger charge is 2.23. The van der Waals surface area contributed by atoms with E-state index in [0.717, 1.165) is 38.8 Å². The van der Waals surface area contributed by atoms with Crippen LogP contribution in [0.15, 0.2) is 4.36 Å². The van der Waals surface area contributed by atoms with Gasteiger partial charge in [0.05, 0.1) is 9.73 Å². The second-order valence-corrected chi connectivity index (χ2v) is 7.24. The molecule has 1 amide bonds. The third-order valence-corrected chi connectivity index (χ3v) is 5.60. The van der Waals surface area contributed by atoms with Crippen molar-refractivity contribution in [1.82, 2.24) is 5.32 Å². The Kier molecular flexibility index (Phi) is 3.97. The van der Waals surface area contributed by atoms with E-state index in [9.17, 15) is 9.00 Å². The summed E-state index contributed by atoms with van der Waals surface area (Å²) in [5, 5.41) is 3.14. The highest BCUT2D eigenvalue weighted by atomic mass is 32.2. The highest BCUT2D eigenvalue weighted by molar-refractivity contribution is 7.94. The van der Waals surface area contributed by atoms with Crippen molar-refractivity contribution in [1.29, 1.82) is 0 Å². The summed E-state index contributed by atoms with van der Waals surface area (Å²) in [6.07, 6.45) is 5.35. The van der Waals surface area contributed by atoms with Crippen molar-refractivity contribution < 1.29 is 9.00 Å². The Morgan fingerprint density at radius 3 is 2.38 bits per heavy atom. The predicted molar refractivity (Wildman–Crippen MR) is 64.8 cm³/mol. The first-order valence-electron chi connectivity index (χ1n) is 6.17. The molecule has 1 saturated heterocycles. The molecule has 92 valence electrons.